The Kier molecular flexibility index (Phi) is 7.97. The molecule has 0 saturated heterocycles. The summed E-state index contributed by atoms with van der Waals surface area (Å²) in [6.45, 7) is 1.67. The molecule has 40 heavy (non-hydrogen) atoms. The van der Waals surface area contributed by atoms with Crippen LogP contribution in [0.3, 0.4) is 0 Å². The van der Waals surface area contributed by atoms with E-state index in [1.807, 2.05) is 43.3 Å². The molecule has 1 aromatic heterocycles. The second-order valence-corrected chi connectivity index (χ2v) is 12.0. The number of benzene rings is 3. The Morgan fingerprint density at radius 3 is 2.42 bits per heavy atom. The van der Waals surface area contributed by atoms with Gasteiger partial charge < -0.3 is 9.32 Å². The van der Waals surface area contributed by atoms with Gasteiger partial charge >= 0.3 is 6.01 Å². The molecule has 1 aliphatic heterocycles. The number of halogens is 2. The molecular weight excluding hydrogens is 538 g/mol. The van der Waals surface area contributed by atoms with Gasteiger partial charge in [-0.1, -0.05) is 24.3 Å². The Hall–Kier alpha value is -3.67. The molecule has 8 nitrogen and oxygen atoms in total. The molecule has 4 aromatic rings. The maximum Gasteiger partial charge on any atom is 0.305 e. The van der Waals surface area contributed by atoms with Gasteiger partial charge in [-0.25, -0.2) is 17.2 Å². The third kappa shape index (κ3) is 5.77. The quantitative estimate of drug-likeness (QED) is 0.269. The van der Waals surface area contributed by atoms with Crippen LogP contribution in [-0.2, 0) is 23.0 Å². The van der Waals surface area contributed by atoms with Gasteiger partial charge in [-0.05, 0) is 75.3 Å². The lowest BCUT2D eigenvalue weighted by atomic mass is 10.0. The summed E-state index contributed by atoms with van der Waals surface area (Å²) in [6.07, 6.45) is 2.00. The molecule has 1 amide bonds. The third-order valence-corrected chi connectivity index (χ3v) is 8.81. The second-order valence-electron chi connectivity index (χ2n) is 10.1. The van der Waals surface area contributed by atoms with Crippen LogP contribution in [0.4, 0.5) is 14.8 Å². The van der Waals surface area contributed by atoms with Gasteiger partial charge in [-0.3, -0.25) is 9.69 Å². The Morgan fingerprint density at radius 2 is 1.70 bits per heavy atom. The molecule has 0 saturated carbocycles. The van der Waals surface area contributed by atoms with Crippen molar-refractivity contribution in [2.24, 2.45) is 0 Å². The van der Waals surface area contributed by atoms with Gasteiger partial charge in [0.2, 0.25) is 10.0 Å². The van der Waals surface area contributed by atoms with Crippen LogP contribution < -0.4 is 4.90 Å². The van der Waals surface area contributed by atoms with Gasteiger partial charge in [0.1, 0.15) is 11.3 Å². The lowest BCUT2D eigenvalue weighted by molar-refractivity contribution is 0.0981. The number of oxazole rings is 1. The van der Waals surface area contributed by atoms with Crippen LogP contribution >= 0.6 is 0 Å². The number of carbonyl (C=O) groups excluding carboxylic acids is 1. The minimum Gasteiger partial charge on any atom is -0.423 e. The van der Waals surface area contributed by atoms with E-state index in [1.165, 1.54) is 33.5 Å². The molecule has 0 fully saturated rings. The number of sulfonamides is 1. The van der Waals surface area contributed by atoms with Crippen molar-refractivity contribution in [3.8, 4) is 0 Å². The topological polar surface area (TPSA) is 87.0 Å². The number of aromatic nitrogens is 1. The zero-order valence-electron chi connectivity index (χ0n) is 22.3. The highest BCUT2D eigenvalue weighted by Gasteiger charge is 2.29. The van der Waals surface area contributed by atoms with E-state index in [4.69, 9.17) is 4.42 Å². The normalized spacial score (nSPS) is 14.0. The molecule has 0 bridgehead atoms. The molecule has 0 aliphatic carbocycles. The van der Waals surface area contributed by atoms with Gasteiger partial charge in [0, 0.05) is 37.3 Å². The lowest BCUT2D eigenvalue weighted by Crippen LogP contribution is -2.36. The Bertz CT molecular complexity index is 1640. The number of amides is 1. The van der Waals surface area contributed by atoms with Crippen molar-refractivity contribution in [1.29, 1.82) is 0 Å². The number of unbranched alkanes of at least 4 members (excludes halogenated alkanes) is 1. The van der Waals surface area contributed by atoms with Gasteiger partial charge in [0.25, 0.3) is 5.91 Å². The summed E-state index contributed by atoms with van der Waals surface area (Å²) in [6, 6.07) is 15.1. The molecule has 0 spiro atoms. The van der Waals surface area contributed by atoms with Gasteiger partial charge in [-0.15, -0.1) is 0 Å². The number of hydrogen-bond acceptors (Lipinski definition) is 6. The van der Waals surface area contributed by atoms with Gasteiger partial charge in [0.05, 0.1) is 4.90 Å². The van der Waals surface area contributed by atoms with Crippen LogP contribution in [0.5, 0.6) is 0 Å². The first-order valence-electron chi connectivity index (χ1n) is 13.0. The Morgan fingerprint density at radius 1 is 1.00 bits per heavy atom. The summed E-state index contributed by atoms with van der Waals surface area (Å²) in [4.78, 5) is 21.1. The Balaban J connectivity index is 1.39. The third-order valence-electron chi connectivity index (χ3n) is 6.95. The zero-order valence-corrected chi connectivity index (χ0v) is 23.1. The molecule has 3 aromatic carbocycles. The number of nitrogens with zero attached hydrogens (tertiary/aromatic N) is 4. The number of anilines is 1. The highest BCUT2D eigenvalue weighted by atomic mass is 32.2. The minimum atomic E-state index is -3.78. The fourth-order valence-corrected chi connectivity index (χ4v) is 6.21. The molecule has 0 unspecified atom stereocenters. The first-order chi connectivity index (χ1) is 19.1. The fourth-order valence-electron chi connectivity index (χ4n) is 4.79. The second kappa shape index (κ2) is 11.4. The van der Waals surface area contributed by atoms with Gasteiger partial charge in [0.15, 0.2) is 11.4 Å². The molecule has 0 N–H and O–H groups in total. The monoisotopic (exact) mass is 568 g/mol. The van der Waals surface area contributed by atoms with E-state index in [0.29, 0.717) is 25.5 Å². The first kappa shape index (κ1) is 27.9. The molecule has 2 heterocycles. The number of carbonyl (C=O) groups is 1. The standard InChI is InChI=1S/C29H30F2N4O4S/c1-33(2)14-5-6-15-35(29-32-27-25(31)17-23(30)18-26(27)39-29)28(36)21-9-11-24(12-10-21)40(37,38)34-16-13-20-7-3-4-8-22(20)19-34/h3-4,7-12,17-18H,5-6,13-16,19H2,1-2H3. The van der Waals surface area contributed by atoms with Gasteiger partial charge in [-0.2, -0.15) is 9.29 Å². The van der Waals surface area contributed by atoms with Crippen LogP contribution in [0.2, 0.25) is 0 Å². The number of fused-ring (bicyclic) bond motifs is 2. The molecule has 210 valence electrons. The number of rotatable bonds is 9. The highest BCUT2D eigenvalue weighted by Crippen LogP contribution is 2.28. The minimum absolute atomic E-state index is 0.0837. The summed E-state index contributed by atoms with van der Waals surface area (Å²) >= 11 is 0. The van der Waals surface area contributed by atoms with Crippen molar-refractivity contribution in [2.75, 3.05) is 38.6 Å². The van der Waals surface area contributed by atoms with Crippen molar-refractivity contribution < 1.29 is 26.4 Å². The Labute approximate surface area is 231 Å². The molecule has 5 rings (SSSR count). The summed E-state index contributed by atoms with van der Waals surface area (Å²) in [5.74, 6) is -2.20. The summed E-state index contributed by atoms with van der Waals surface area (Å²) < 4.78 is 61.8. The summed E-state index contributed by atoms with van der Waals surface area (Å²) in [5.41, 5.74) is 2.05. The molecule has 11 heteroatoms. The van der Waals surface area contributed by atoms with Crippen molar-refractivity contribution in [2.45, 2.75) is 30.7 Å². The first-order valence-corrected chi connectivity index (χ1v) is 14.5. The van der Waals surface area contributed by atoms with E-state index in [1.54, 1.807) is 0 Å². The van der Waals surface area contributed by atoms with E-state index in [-0.39, 0.29) is 40.7 Å². The smallest absolute Gasteiger partial charge is 0.305 e. The maximum atomic E-state index is 14.3. The number of hydrogen-bond donors (Lipinski definition) is 0. The van der Waals surface area contributed by atoms with E-state index in [9.17, 15) is 22.0 Å². The predicted molar refractivity (Wildman–Crippen MR) is 148 cm³/mol. The zero-order chi connectivity index (χ0) is 28.4. The van der Waals surface area contributed by atoms with Crippen molar-refractivity contribution in [3.05, 3.63) is 89.0 Å². The van der Waals surface area contributed by atoms with Crippen molar-refractivity contribution in [1.82, 2.24) is 14.2 Å². The summed E-state index contributed by atoms with van der Waals surface area (Å²) in [7, 11) is 0.112. The SMILES string of the molecule is CN(C)CCCCN(C(=O)c1ccc(S(=O)(=O)N2CCc3ccccc3C2)cc1)c1nc2c(F)cc(F)cc2o1. The average molecular weight is 569 g/mol. The van der Waals surface area contributed by atoms with Crippen LogP contribution in [0.1, 0.15) is 34.3 Å². The highest BCUT2D eigenvalue weighted by molar-refractivity contribution is 7.89. The van der Waals surface area contributed by atoms with Crippen LogP contribution in [0.15, 0.2) is 70.0 Å². The molecule has 0 atom stereocenters. The predicted octanol–water partition coefficient (Wildman–Crippen LogP) is 4.84. The van der Waals surface area contributed by atoms with E-state index >= 15 is 0 Å². The van der Waals surface area contributed by atoms with E-state index in [2.05, 4.69) is 4.98 Å². The van der Waals surface area contributed by atoms with Crippen molar-refractivity contribution >= 4 is 33.0 Å². The average Bonchev–Trinajstić information content (AvgIpc) is 3.36. The molecule has 0 radical (unpaired) electrons. The molecule has 1 aliphatic rings. The van der Waals surface area contributed by atoms with E-state index in [0.717, 1.165) is 30.2 Å². The van der Waals surface area contributed by atoms with Crippen LogP contribution in [0.25, 0.3) is 11.1 Å². The largest absolute Gasteiger partial charge is 0.423 e. The molecular formula is C29H30F2N4O4S. The summed E-state index contributed by atoms with van der Waals surface area (Å²) in [5, 5.41) is 0. The van der Waals surface area contributed by atoms with E-state index < -0.39 is 27.6 Å². The van der Waals surface area contributed by atoms with Crippen molar-refractivity contribution in [3.63, 3.8) is 0 Å². The maximum absolute atomic E-state index is 14.3. The van der Waals surface area contributed by atoms with Crippen LogP contribution in [-0.4, -0.2) is 62.2 Å². The van der Waals surface area contributed by atoms with Crippen LogP contribution in [0, 0.1) is 11.6 Å². The fraction of sp³-hybridized carbons (Fsp3) is 0.310. The lowest BCUT2D eigenvalue weighted by Gasteiger charge is -2.28.